The van der Waals surface area contributed by atoms with E-state index in [0.29, 0.717) is 0 Å². The Morgan fingerprint density at radius 2 is 2.11 bits per heavy atom. The Balaban J connectivity index is 1.71. The van der Waals surface area contributed by atoms with Gasteiger partial charge in [0, 0.05) is 19.8 Å². The number of ether oxygens (including phenoxy) is 1. The predicted octanol–water partition coefficient (Wildman–Crippen LogP) is 1.70. The predicted molar refractivity (Wildman–Crippen MR) is 76.0 cm³/mol. The van der Waals surface area contributed by atoms with Crippen molar-refractivity contribution in [1.29, 1.82) is 0 Å². The number of nitrogens with one attached hydrogen (secondary N) is 2. The summed E-state index contributed by atoms with van der Waals surface area (Å²) in [4.78, 5) is 12.3. The van der Waals surface area contributed by atoms with Gasteiger partial charge in [-0.15, -0.1) is 0 Å². The van der Waals surface area contributed by atoms with Crippen molar-refractivity contribution >= 4 is 5.91 Å². The van der Waals surface area contributed by atoms with Gasteiger partial charge in [0.2, 0.25) is 5.91 Å². The van der Waals surface area contributed by atoms with Crippen LogP contribution in [0.3, 0.4) is 0 Å². The van der Waals surface area contributed by atoms with Crippen LogP contribution < -0.4 is 10.6 Å². The maximum absolute atomic E-state index is 12.3. The number of piperidine rings is 1. The van der Waals surface area contributed by atoms with Crippen LogP contribution in [0.2, 0.25) is 0 Å². The Bertz CT molecular complexity index is 299. The number of carbonyl (C=O) groups is 1. The van der Waals surface area contributed by atoms with Crippen LogP contribution in [0.25, 0.3) is 0 Å². The second kappa shape index (κ2) is 6.71. The summed E-state index contributed by atoms with van der Waals surface area (Å²) in [5, 5.41) is 6.48. The van der Waals surface area contributed by atoms with Crippen molar-refractivity contribution in [1.82, 2.24) is 10.6 Å². The van der Waals surface area contributed by atoms with E-state index in [0.717, 1.165) is 57.9 Å². The van der Waals surface area contributed by atoms with Crippen molar-refractivity contribution in [2.75, 3.05) is 26.3 Å². The fraction of sp³-hybridized carbons (Fsp3) is 0.933. The first kappa shape index (κ1) is 14.8. The van der Waals surface area contributed by atoms with E-state index in [4.69, 9.17) is 4.74 Å². The van der Waals surface area contributed by atoms with Crippen LogP contribution in [0, 0.1) is 11.3 Å². The molecule has 4 nitrogen and oxygen atoms in total. The van der Waals surface area contributed by atoms with Gasteiger partial charge >= 0.3 is 0 Å². The zero-order valence-electron chi connectivity index (χ0n) is 12.3. The lowest BCUT2D eigenvalue weighted by Gasteiger charge is -2.38. The Labute approximate surface area is 116 Å². The van der Waals surface area contributed by atoms with Gasteiger partial charge in [0.05, 0.1) is 6.04 Å². The molecule has 2 N–H and O–H groups in total. The van der Waals surface area contributed by atoms with Crippen molar-refractivity contribution in [3.63, 3.8) is 0 Å². The Morgan fingerprint density at radius 3 is 2.79 bits per heavy atom. The van der Waals surface area contributed by atoms with Crippen LogP contribution >= 0.6 is 0 Å². The smallest absolute Gasteiger partial charge is 0.237 e. The number of carbonyl (C=O) groups excluding carboxylic acids is 1. The van der Waals surface area contributed by atoms with E-state index >= 15 is 0 Å². The highest BCUT2D eigenvalue weighted by Crippen LogP contribution is 2.30. The standard InChI is InChI=1S/C15H28N2O2/c1-15(2)7-3-8-16-13(15)14(18)17-9-4-12-5-10-19-11-6-12/h12-13,16H,3-11H2,1-2H3,(H,17,18). The van der Waals surface area contributed by atoms with Crippen molar-refractivity contribution in [3.8, 4) is 0 Å². The molecule has 2 rings (SSSR count). The number of rotatable bonds is 4. The lowest BCUT2D eigenvalue weighted by atomic mass is 9.77. The first-order valence-electron chi connectivity index (χ1n) is 7.68. The highest BCUT2D eigenvalue weighted by molar-refractivity contribution is 5.82. The average Bonchev–Trinajstić information content (AvgIpc) is 2.39. The summed E-state index contributed by atoms with van der Waals surface area (Å²) >= 11 is 0. The zero-order valence-corrected chi connectivity index (χ0v) is 12.3. The molecule has 19 heavy (non-hydrogen) atoms. The highest BCUT2D eigenvalue weighted by Gasteiger charge is 2.36. The molecule has 1 atom stereocenters. The molecule has 2 heterocycles. The van der Waals surface area contributed by atoms with Crippen LogP contribution in [0.15, 0.2) is 0 Å². The molecule has 1 amide bonds. The molecule has 2 fully saturated rings. The van der Waals surface area contributed by atoms with Crippen LogP contribution in [0.1, 0.15) is 46.0 Å². The van der Waals surface area contributed by atoms with Crippen LogP contribution in [-0.2, 0) is 9.53 Å². The third-order valence-electron chi connectivity index (χ3n) is 4.58. The Hall–Kier alpha value is -0.610. The van der Waals surface area contributed by atoms with Gasteiger partial charge in [0.25, 0.3) is 0 Å². The zero-order chi connectivity index (χ0) is 13.7. The average molecular weight is 268 g/mol. The lowest BCUT2D eigenvalue weighted by Crippen LogP contribution is -2.55. The monoisotopic (exact) mass is 268 g/mol. The third kappa shape index (κ3) is 4.18. The topological polar surface area (TPSA) is 50.4 Å². The Kier molecular flexibility index (Phi) is 5.22. The quantitative estimate of drug-likeness (QED) is 0.816. The summed E-state index contributed by atoms with van der Waals surface area (Å²) in [6, 6.07) is -0.0315. The summed E-state index contributed by atoms with van der Waals surface area (Å²) in [6.07, 6.45) is 5.66. The van der Waals surface area contributed by atoms with Crippen molar-refractivity contribution in [3.05, 3.63) is 0 Å². The van der Waals surface area contributed by atoms with E-state index in [1.807, 2.05) is 0 Å². The van der Waals surface area contributed by atoms with Gasteiger partial charge in [0.15, 0.2) is 0 Å². The molecule has 0 radical (unpaired) electrons. The second-order valence-electron chi connectivity index (χ2n) is 6.61. The molecule has 1 unspecified atom stereocenters. The first-order valence-corrected chi connectivity index (χ1v) is 7.68. The maximum Gasteiger partial charge on any atom is 0.237 e. The third-order valence-corrected chi connectivity index (χ3v) is 4.58. The summed E-state index contributed by atoms with van der Waals surface area (Å²) in [7, 11) is 0. The van der Waals surface area contributed by atoms with Crippen molar-refractivity contribution in [2.24, 2.45) is 11.3 Å². The molecule has 2 aliphatic rings. The SMILES string of the molecule is CC1(C)CCCNC1C(=O)NCCC1CCOCC1. The minimum atomic E-state index is -0.0315. The fourth-order valence-electron chi connectivity index (χ4n) is 3.20. The van der Waals surface area contributed by atoms with Crippen LogP contribution in [0.4, 0.5) is 0 Å². The van der Waals surface area contributed by atoms with Gasteiger partial charge in [-0.05, 0) is 50.0 Å². The molecule has 0 saturated carbocycles. The molecule has 2 saturated heterocycles. The molecule has 0 aromatic carbocycles. The normalized spacial score (nSPS) is 28.0. The molecule has 0 aliphatic carbocycles. The van der Waals surface area contributed by atoms with Gasteiger partial charge in [0.1, 0.15) is 0 Å². The van der Waals surface area contributed by atoms with Gasteiger partial charge in [-0.3, -0.25) is 4.79 Å². The molecule has 2 aliphatic heterocycles. The minimum Gasteiger partial charge on any atom is -0.381 e. The van der Waals surface area contributed by atoms with Crippen LogP contribution in [-0.4, -0.2) is 38.3 Å². The molecule has 0 bridgehead atoms. The fourth-order valence-corrected chi connectivity index (χ4v) is 3.20. The van der Waals surface area contributed by atoms with E-state index in [1.54, 1.807) is 0 Å². The number of hydrogen-bond donors (Lipinski definition) is 2. The molecule has 0 aromatic rings. The Morgan fingerprint density at radius 1 is 1.37 bits per heavy atom. The molecular weight excluding hydrogens is 240 g/mol. The number of hydrogen-bond acceptors (Lipinski definition) is 3. The number of amides is 1. The molecule has 0 aromatic heterocycles. The summed E-state index contributed by atoms with van der Waals surface area (Å²) in [5.41, 5.74) is 0.0704. The maximum atomic E-state index is 12.3. The molecule has 110 valence electrons. The molecular formula is C15H28N2O2. The van der Waals surface area contributed by atoms with Crippen molar-refractivity contribution in [2.45, 2.75) is 52.0 Å². The summed E-state index contributed by atoms with van der Waals surface area (Å²) in [6.45, 7) is 7.90. The van der Waals surface area contributed by atoms with Gasteiger partial charge in [-0.25, -0.2) is 0 Å². The minimum absolute atomic E-state index is 0.0315. The molecule has 0 spiro atoms. The van der Waals surface area contributed by atoms with Gasteiger partial charge in [-0.2, -0.15) is 0 Å². The van der Waals surface area contributed by atoms with E-state index in [-0.39, 0.29) is 17.4 Å². The molecule has 4 heteroatoms. The van der Waals surface area contributed by atoms with E-state index in [9.17, 15) is 4.79 Å². The van der Waals surface area contributed by atoms with E-state index in [2.05, 4.69) is 24.5 Å². The van der Waals surface area contributed by atoms with E-state index in [1.165, 1.54) is 6.42 Å². The second-order valence-corrected chi connectivity index (χ2v) is 6.61. The van der Waals surface area contributed by atoms with E-state index < -0.39 is 0 Å². The van der Waals surface area contributed by atoms with Gasteiger partial charge in [-0.1, -0.05) is 13.8 Å². The first-order chi connectivity index (χ1) is 9.09. The van der Waals surface area contributed by atoms with Gasteiger partial charge < -0.3 is 15.4 Å². The highest BCUT2D eigenvalue weighted by atomic mass is 16.5. The van der Waals surface area contributed by atoms with Crippen LogP contribution in [0.5, 0.6) is 0 Å². The summed E-state index contributed by atoms with van der Waals surface area (Å²) in [5.74, 6) is 0.901. The van der Waals surface area contributed by atoms with Crippen molar-refractivity contribution < 1.29 is 9.53 Å². The lowest BCUT2D eigenvalue weighted by molar-refractivity contribution is -0.126. The largest absolute Gasteiger partial charge is 0.381 e. The summed E-state index contributed by atoms with van der Waals surface area (Å²) < 4.78 is 5.35.